The number of ether oxygens (including phenoxy) is 1. The van der Waals surface area contributed by atoms with E-state index in [9.17, 15) is 5.11 Å². The van der Waals surface area contributed by atoms with E-state index in [1.54, 1.807) is 7.11 Å². The van der Waals surface area contributed by atoms with E-state index in [-0.39, 0.29) is 6.10 Å². The van der Waals surface area contributed by atoms with Crippen molar-refractivity contribution >= 4 is 0 Å². The molecule has 1 N–H and O–H groups in total. The molecule has 3 atom stereocenters. The van der Waals surface area contributed by atoms with E-state index in [1.807, 2.05) is 0 Å². The van der Waals surface area contributed by atoms with Crippen molar-refractivity contribution in [3.8, 4) is 0 Å². The molecule has 1 saturated carbocycles. The van der Waals surface area contributed by atoms with Crippen molar-refractivity contribution < 1.29 is 9.84 Å². The molecule has 0 amide bonds. The van der Waals surface area contributed by atoms with Crippen LogP contribution in [0.5, 0.6) is 0 Å². The molecule has 0 aromatic rings. The Hall–Kier alpha value is -0.120. The van der Waals surface area contributed by atoms with Gasteiger partial charge in [-0.25, -0.2) is 0 Å². The predicted octanol–water partition coefficient (Wildman–Crippen LogP) is 1.11. The number of likely N-dealkylation sites (N-methyl/N-ethyl adjacent to an activating group) is 1. The summed E-state index contributed by atoms with van der Waals surface area (Å²) in [5.74, 6) is 0.472. The number of nitrogens with zero attached hydrogens (tertiary/aromatic N) is 1. The van der Waals surface area contributed by atoms with Crippen LogP contribution in [0.15, 0.2) is 0 Å². The van der Waals surface area contributed by atoms with Gasteiger partial charge in [-0.05, 0) is 32.7 Å². The van der Waals surface area contributed by atoms with Crippen LogP contribution in [0.1, 0.15) is 26.2 Å². The molecule has 3 nitrogen and oxygen atoms in total. The van der Waals surface area contributed by atoms with Crippen molar-refractivity contribution in [3.05, 3.63) is 0 Å². The Bertz CT molecular complexity index is 163. The van der Waals surface area contributed by atoms with Crippen molar-refractivity contribution in [2.45, 2.75) is 38.3 Å². The molecule has 0 radical (unpaired) electrons. The molecule has 3 heteroatoms. The number of rotatable bonds is 5. The van der Waals surface area contributed by atoms with E-state index in [1.165, 1.54) is 12.8 Å². The fourth-order valence-electron chi connectivity index (χ4n) is 2.15. The Balaban J connectivity index is 2.28. The summed E-state index contributed by atoms with van der Waals surface area (Å²) in [6.07, 6.45) is 3.26. The van der Waals surface area contributed by atoms with Gasteiger partial charge in [0.05, 0.1) is 12.7 Å². The molecule has 0 aromatic heterocycles. The van der Waals surface area contributed by atoms with Gasteiger partial charge in [0.2, 0.25) is 0 Å². The highest BCUT2D eigenvalue weighted by Gasteiger charge is 2.27. The fraction of sp³-hybridized carbons (Fsp3) is 1.00. The summed E-state index contributed by atoms with van der Waals surface area (Å²) in [5.41, 5.74) is 0. The third-order valence-electron chi connectivity index (χ3n) is 3.30. The zero-order valence-electron chi connectivity index (χ0n) is 9.57. The molecule has 1 aliphatic rings. The highest BCUT2D eigenvalue weighted by Crippen LogP contribution is 2.26. The standard InChI is InChI=1S/C11H23NO2/c1-9(8-14-3)12(2)7-10-5-4-6-11(10)13/h9-11,13H,4-8H2,1-3H3. The van der Waals surface area contributed by atoms with E-state index in [2.05, 4.69) is 18.9 Å². The van der Waals surface area contributed by atoms with Gasteiger partial charge in [-0.1, -0.05) is 6.42 Å². The topological polar surface area (TPSA) is 32.7 Å². The SMILES string of the molecule is COCC(C)N(C)CC1CCCC1O. The largest absolute Gasteiger partial charge is 0.393 e. The smallest absolute Gasteiger partial charge is 0.0615 e. The van der Waals surface area contributed by atoms with Crippen molar-refractivity contribution in [3.63, 3.8) is 0 Å². The van der Waals surface area contributed by atoms with E-state index >= 15 is 0 Å². The number of aliphatic hydroxyl groups is 1. The van der Waals surface area contributed by atoms with Gasteiger partial charge in [0.25, 0.3) is 0 Å². The van der Waals surface area contributed by atoms with Crippen LogP contribution in [0.25, 0.3) is 0 Å². The molecule has 1 fully saturated rings. The molecule has 1 aliphatic carbocycles. The molecular formula is C11H23NO2. The summed E-state index contributed by atoms with van der Waals surface area (Å²) in [6.45, 7) is 3.91. The van der Waals surface area contributed by atoms with Gasteiger partial charge in [0.15, 0.2) is 0 Å². The third-order valence-corrected chi connectivity index (χ3v) is 3.30. The second kappa shape index (κ2) is 5.69. The van der Waals surface area contributed by atoms with E-state index in [0.29, 0.717) is 12.0 Å². The normalized spacial score (nSPS) is 29.8. The average Bonchev–Trinajstić information content (AvgIpc) is 2.52. The van der Waals surface area contributed by atoms with Gasteiger partial charge in [-0.15, -0.1) is 0 Å². The predicted molar refractivity (Wildman–Crippen MR) is 57.3 cm³/mol. The second-order valence-electron chi connectivity index (χ2n) is 4.50. The highest BCUT2D eigenvalue weighted by atomic mass is 16.5. The van der Waals surface area contributed by atoms with Crippen molar-refractivity contribution in [1.29, 1.82) is 0 Å². The maximum Gasteiger partial charge on any atom is 0.0615 e. The lowest BCUT2D eigenvalue weighted by molar-refractivity contribution is 0.0723. The molecule has 14 heavy (non-hydrogen) atoms. The zero-order chi connectivity index (χ0) is 10.6. The van der Waals surface area contributed by atoms with Gasteiger partial charge in [0, 0.05) is 19.7 Å². The van der Waals surface area contributed by atoms with Gasteiger partial charge in [0.1, 0.15) is 0 Å². The van der Waals surface area contributed by atoms with Crippen LogP contribution in [-0.2, 0) is 4.74 Å². The van der Waals surface area contributed by atoms with Crippen molar-refractivity contribution in [2.24, 2.45) is 5.92 Å². The van der Waals surface area contributed by atoms with Gasteiger partial charge < -0.3 is 14.7 Å². The summed E-state index contributed by atoms with van der Waals surface area (Å²) >= 11 is 0. The van der Waals surface area contributed by atoms with Crippen LogP contribution in [0.3, 0.4) is 0 Å². The highest BCUT2D eigenvalue weighted by molar-refractivity contribution is 4.79. The Morgan fingerprint density at radius 1 is 1.50 bits per heavy atom. The van der Waals surface area contributed by atoms with Crippen LogP contribution < -0.4 is 0 Å². The van der Waals surface area contributed by atoms with Crippen LogP contribution in [0.4, 0.5) is 0 Å². The lowest BCUT2D eigenvalue weighted by Crippen LogP contribution is -2.38. The van der Waals surface area contributed by atoms with E-state index in [4.69, 9.17) is 4.74 Å². The first kappa shape index (κ1) is 12.0. The molecule has 0 bridgehead atoms. The molecule has 0 aliphatic heterocycles. The van der Waals surface area contributed by atoms with E-state index < -0.39 is 0 Å². The number of hydrogen-bond donors (Lipinski definition) is 1. The monoisotopic (exact) mass is 201 g/mol. The lowest BCUT2D eigenvalue weighted by Gasteiger charge is -2.28. The van der Waals surface area contributed by atoms with Gasteiger partial charge in [-0.2, -0.15) is 0 Å². The van der Waals surface area contributed by atoms with Crippen LogP contribution in [0, 0.1) is 5.92 Å². The first-order chi connectivity index (χ1) is 6.65. The minimum Gasteiger partial charge on any atom is -0.393 e. The minimum absolute atomic E-state index is 0.0767. The summed E-state index contributed by atoms with van der Waals surface area (Å²) < 4.78 is 5.11. The first-order valence-electron chi connectivity index (χ1n) is 5.52. The minimum atomic E-state index is -0.0767. The first-order valence-corrected chi connectivity index (χ1v) is 5.52. The number of methoxy groups -OCH3 is 1. The summed E-state index contributed by atoms with van der Waals surface area (Å²) in [5, 5.41) is 9.69. The third kappa shape index (κ3) is 3.23. The molecular weight excluding hydrogens is 178 g/mol. The Morgan fingerprint density at radius 2 is 2.21 bits per heavy atom. The van der Waals surface area contributed by atoms with Gasteiger partial charge in [-0.3, -0.25) is 0 Å². The van der Waals surface area contributed by atoms with E-state index in [0.717, 1.165) is 19.6 Å². The molecule has 3 unspecified atom stereocenters. The average molecular weight is 201 g/mol. The summed E-state index contributed by atoms with van der Waals surface area (Å²) in [7, 11) is 3.84. The quantitative estimate of drug-likeness (QED) is 0.723. The Labute approximate surface area is 87.1 Å². The number of aliphatic hydroxyl groups excluding tert-OH is 1. The maximum absolute atomic E-state index is 9.69. The molecule has 0 heterocycles. The summed E-state index contributed by atoms with van der Waals surface area (Å²) in [6, 6.07) is 0.438. The second-order valence-corrected chi connectivity index (χ2v) is 4.50. The number of hydrogen-bond acceptors (Lipinski definition) is 3. The Kier molecular flexibility index (Phi) is 4.85. The van der Waals surface area contributed by atoms with Crippen LogP contribution >= 0.6 is 0 Å². The van der Waals surface area contributed by atoms with Crippen LogP contribution in [0.2, 0.25) is 0 Å². The fourth-order valence-corrected chi connectivity index (χ4v) is 2.15. The van der Waals surface area contributed by atoms with Gasteiger partial charge >= 0.3 is 0 Å². The molecule has 0 saturated heterocycles. The molecule has 0 aromatic carbocycles. The van der Waals surface area contributed by atoms with Crippen molar-refractivity contribution in [1.82, 2.24) is 4.90 Å². The van der Waals surface area contributed by atoms with Crippen molar-refractivity contribution in [2.75, 3.05) is 27.3 Å². The molecule has 0 spiro atoms. The molecule has 1 rings (SSSR count). The maximum atomic E-state index is 9.69. The zero-order valence-corrected chi connectivity index (χ0v) is 9.57. The Morgan fingerprint density at radius 3 is 2.71 bits per heavy atom. The van der Waals surface area contributed by atoms with Crippen LogP contribution in [-0.4, -0.2) is 49.5 Å². The summed E-state index contributed by atoms with van der Waals surface area (Å²) in [4.78, 5) is 2.28. The molecule has 84 valence electrons. The lowest BCUT2D eigenvalue weighted by atomic mass is 10.1.